The molecule has 3 fully saturated rings. The molecule has 0 unspecified atom stereocenters. The lowest BCUT2D eigenvalue weighted by atomic mass is 10.0. The molecular weight excluding hydrogens is 1260 g/mol. The number of hydrogen-bond acceptors (Lipinski definition) is 18. The molecule has 0 aliphatic carbocycles. The number of guanidine groups is 1. The Labute approximate surface area is 556 Å². The molecule has 0 radical (unpaired) electrons. The standard InChI is InChI=1S/C61H92N16O13S3/c1-34(2)29-41(52(82)68-39(50(64)80)23-28-93-3)71-56(86)48-16-9-26-76(48)59(89)43(31-36-17-19-37(78)20-18-36)72-53(83)42(30-35-11-5-4-6-12-35)70-54(84)44(32-91)73-51(81)40(21-22-49(63)79)69-55(85)47-15-10-27-77(47)60(90)45(33-92)74-57(87)46-14-8-25-75(46)58(88)38(62)13-7-24-67-61(65)66/h4-6,11-12,17-20,34,38-48,78,91-92H,7-10,13-16,21-33,62H2,1-3H3,(H2,63,79)(H2,64,80)(H,68,82)(H,69,85)(H,70,84)(H,71,86)(H,72,83)(H,73,81)(H,74,87)(H4,65,66,67)/t38-,39-,40-,41-,42-,43-,44-,45-,46-,47-,48-/m0/s1. The Hall–Kier alpha value is -7.84. The number of likely N-dealkylation sites (tertiary alicyclic amines) is 3. The molecule has 12 amide bonds. The van der Waals surface area contributed by atoms with E-state index < -0.39 is 144 Å². The van der Waals surface area contributed by atoms with Crippen molar-refractivity contribution >= 4 is 114 Å². The molecule has 0 aromatic heterocycles. The van der Waals surface area contributed by atoms with Crippen molar-refractivity contribution in [3.05, 3.63) is 65.7 Å². The molecule has 3 saturated heterocycles. The predicted molar refractivity (Wildman–Crippen MR) is 355 cm³/mol. The van der Waals surface area contributed by atoms with E-state index in [1.807, 2.05) is 20.1 Å². The maximum atomic E-state index is 14.9. The third-order valence-corrected chi connectivity index (χ3v) is 17.6. The topological polar surface area (TPSA) is 461 Å². The fourth-order valence-corrected chi connectivity index (χ4v) is 12.3. The van der Waals surface area contributed by atoms with E-state index in [1.165, 1.54) is 38.6 Å². The number of thioether (sulfide) groups is 1. The van der Waals surface area contributed by atoms with Crippen LogP contribution in [0.3, 0.4) is 0 Å². The fraction of sp³-hybridized carbons (Fsp3) is 0.590. The highest BCUT2D eigenvalue weighted by Crippen LogP contribution is 2.25. The molecule has 3 aliphatic rings. The zero-order valence-corrected chi connectivity index (χ0v) is 55.4. The van der Waals surface area contributed by atoms with E-state index in [0.717, 1.165) is 0 Å². The summed E-state index contributed by atoms with van der Waals surface area (Å²) in [6.45, 7) is 4.40. The second-order valence-corrected chi connectivity index (χ2v) is 25.5. The number of hydrogen-bond donors (Lipinski definition) is 15. The number of aliphatic imine (C=N–C) groups is 1. The molecule has 5 rings (SSSR count). The van der Waals surface area contributed by atoms with Gasteiger partial charge in [-0.25, -0.2) is 0 Å². The Morgan fingerprint density at radius 3 is 1.53 bits per heavy atom. The quantitative estimate of drug-likeness (QED) is 0.0143. The number of benzene rings is 2. The van der Waals surface area contributed by atoms with Crippen molar-refractivity contribution in [3.63, 3.8) is 0 Å². The van der Waals surface area contributed by atoms with E-state index in [0.29, 0.717) is 49.0 Å². The van der Waals surface area contributed by atoms with Crippen LogP contribution < -0.4 is 65.9 Å². The molecule has 0 bridgehead atoms. The number of carbonyl (C=O) groups is 12. The molecule has 3 aliphatic heterocycles. The van der Waals surface area contributed by atoms with E-state index >= 15 is 0 Å². The number of primary amides is 2. The molecule has 0 spiro atoms. The van der Waals surface area contributed by atoms with Crippen molar-refractivity contribution in [2.45, 2.75) is 170 Å². The van der Waals surface area contributed by atoms with Crippen molar-refractivity contribution < 1.29 is 62.6 Å². The Morgan fingerprint density at radius 1 is 0.559 bits per heavy atom. The van der Waals surface area contributed by atoms with E-state index in [9.17, 15) is 62.6 Å². The summed E-state index contributed by atoms with van der Waals surface area (Å²) in [5.74, 6) is -9.00. The van der Waals surface area contributed by atoms with Gasteiger partial charge in [-0.2, -0.15) is 37.0 Å². The molecule has 2 aromatic carbocycles. The largest absolute Gasteiger partial charge is 0.508 e. The van der Waals surface area contributed by atoms with Gasteiger partial charge in [0.25, 0.3) is 0 Å². The summed E-state index contributed by atoms with van der Waals surface area (Å²) >= 11 is 10.2. The van der Waals surface area contributed by atoms with Crippen molar-refractivity contribution in [2.24, 2.45) is 39.6 Å². The normalized spacial score (nSPS) is 18.7. The molecule has 93 heavy (non-hydrogen) atoms. The summed E-state index contributed by atoms with van der Waals surface area (Å²) in [4.78, 5) is 174. The minimum atomic E-state index is -1.52. The first-order chi connectivity index (χ1) is 44.3. The predicted octanol–water partition coefficient (Wildman–Crippen LogP) is -2.67. The van der Waals surface area contributed by atoms with E-state index in [2.05, 4.69) is 67.5 Å². The van der Waals surface area contributed by atoms with Gasteiger partial charge >= 0.3 is 0 Å². The first kappa shape index (κ1) is 75.9. The number of thiol groups is 2. The number of nitrogens with zero attached hydrogens (tertiary/aromatic N) is 4. The number of amides is 12. The van der Waals surface area contributed by atoms with Crippen LogP contribution in [0.15, 0.2) is 59.6 Å². The minimum Gasteiger partial charge on any atom is -0.508 e. The number of aromatic hydroxyl groups is 1. The number of nitrogens with two attached hydrogens (primary N) is 5. The van der Waals surface area contributed by atoms with Gasteiger partial charge in [-0.1, -0.05) is 56.3 Å². The minimum absolute atomic E-state index is 0.0680. The smallest absolute Gasteiger partial charge is 0.246 e. The lowest BCUT2D eigenvalue weighted by molar-refractivity contribution is -0.143. The first-order valence-electron chi connectivity index (χ1n) is 31.2. The van der Waals surface area contributed by atoms with Gasteiger partial charge < -0.3 is 85.7 Å². The summed E-state index contributed by atoms with van der Waals surface area (Å²) in [5, 5.41) is 29.0. The zero-order valence-electron chi connectivity index (χ0n) is 52.8. The summed E-state index contributed by atoms with van der Waals surface area (Å²) in [6, 6.07) is 1.16. The highest BCUT2D eigenvalue weighted by molar-refractivity contribution is 7.98. The second-order valence-electron chi connectivity index (χ2n) is 23.8. The zero-order chi connectivity index (χ0) is 68.5. The molecule has 0 saturated carbocycles. The van der Waals surface area contributed by atoms with Crippen LogP contribution in [0.4, 0.5) is 0 Å². The van der Waals surface area contributed by atoms with Gasteiger partial charge in [-0.15, -0.1) is 0 Å². The van der Waals surface area contributed by atoms with Gasteiger partial charge in [0.15, 0.2) is 5.96 Å². The maximum Gasteiger partial charge on any atom is 0.246 e. The van der Waals surface area contributed by atoms with Gasteiger partial charge in [0.05, 0.1) is 6.04 Å². The SMILES string of the molecule is CSCC[C@H](NC(=O)[C@H](CC(C)C)NC(=O)[C@@H]1CCCN1C(=O)[C@H](Cc1ccc(O)cc1)NC(=O)[C@H](Cc1ccccc1)NC(=O)[C@H](CS)NC(=O)[C@H](CCC(N)=O)NC(=O)[C@@H]1CCCN1C(=O)[C@H](CS)NC(=O)[C@@H]1CCCN1C(=O)[C@@H](N)CCCN=C(N)N)C(N)=O. The Kier molecular flexibility index (Phi) is 30.8. The van der Waals surface area contributed by atoms with Crippen LogP contribution in [-0.4, -0.2) is 213 Å². The third kappa shape index (κ3) is 23.3. The van der Waals surface area contributed by atoms with Gasteiger partial charge in [-0.3, -0.25) is 62.5 Å². The molecule has 18 N–H and O–H groups in total. The summed E-state index contributed by atoms with van der Waals surface area (Å²) < 4.78 is 0. The van der Waals surface area contributed by atoms with Gasteiger partial charge in [0, 0.05) is 56.9 Å². The number of rotatable bonds is 36. The lowest BCUT2D eigenvalue weighted by Gasteiger charge is -2.31. The van der Waals surface area contributed by atoms with Gasteiger partial charge in [0.2, 0.25) is 70.9 Å². The molecule has 2 aromatic rings. The van der Waals surface area contributed by atoms with Crippen LogP contribution in [0, 0.1) is 5.92 Å². The first-order valence-corrected chi connectivity index (χ1v) is 33.9. The maximum absolute atomic E-state index is 14.9. The van der Waals surface area contributed by atoms with E-state index in [4.69, 9.17) is 28.7 Å². The number of phenols is 1. The molecule has 29 nitrogen and oxygen atoms in total. The van der Waals surface area contributed by atoms with Crippen LogP contribution in [0.25, 0.3) is 0 Å². The summed E-state index contributed by atoms with van der Waals surface area (Å²) in [6.07, 6.45) is 3.80. The van der Waals surface area contributed by atoms with Gasteiger partial charge in [-0.05, 0) is 112 Å². The van der Waals surface area contributed by atoms with E-state index in [1.54, 1.807) is 42.5 Å². The average molecular weight is 1350 g/mol. The molecule has 512 valence electrons. The second kappa shape index (κ2) is 37.8. The number of nitrogens with one attached hydrogen (secondary N) is 7. The van der Waals surface area contributed by atoms with E-state index in [-0.39, 0.29) is 107 Å². The molecule has 11 atom stereocenters. The van der Waals surface area contributed by atoms with Crippen molar-refractivity contribution in [2.75, 3.05) is 49.7 Å². The Morgan fingerprint density at radius 2 is 1.01 bits per heavy atom. The van der Waals surface area contributed by atoms with Crippen LogP contribution >= 0.6 is 37.0 Å². The molecule has 32 heteroatoms. The summed E-state index contributed by atoms with van der Waals surface area (Å²) in [5.41, 5.74) is 29.2. The third-order valence-electron chi connectivity index (χ3n) is 16.2. The Balaban J connectivity index is 1.32. The summed E-state index contributed by atoms with van der Waals surface area (Å²) in [7, 11) is 0. The van der Waals surface area contributed by atoms with Crippen molar-refractivity contribution in [3.8, 4) is 5.75 Å². The fourth-order valence-electron chi connectivity index (χ4n) is 11.3. The molecular formula is C61H92N16O13S3. The average Bonchev–Trinajstić information content (AvgIpc) is 1.92. The molecule has 3 heterocycles. The number of carbonyl (C=O) groups excluding carboxylic acids is 12. The monoisotopic (exact) mass is 1350 g/mol. The van der Waals surface area contributed by atoms with Crippen molar-refractivity contribution in [1.82, 2.24) is 51.9 Å². The van der Waals surface area contributed by atoms with Crippen LogP contribution in [-0.2, 0) is 70.4 Å². The van der Waals surface area contributed by atoms with Crippen LogP contribution in [0.2, 0.25) is 0 Å². The highest BCUT2D eigenvalue weighted by Gasteiger charge is 2.44. The number of phenolic OH excluding ortho intramolecular Hbond substituents is 1. The van der Waals surface area contributed by atoms with Crippen molar-refractivity contribution in [1.29, 1.82) is 0 Å². The highest BCUT2D eigenvalue weighted by atomic mass is 32.2. The van der Waals surface area contributed by atoms with Crippen LogP contribution in [0.5, 0.6) is 5.75 Å². The lowest BCUT2D eigenvalue weighted by Crippen LogP contribution is -2.61. The Bertz CT molecular complexity index is 2970. The van der Waals surface area contributed by atoms with Crippen LogP contribution in [0.1, 0.15) is 102 Å². The van der Waals surface area contributed by atoms with Gasteiger partial charge in [0.1, 0.15) is 66.2 Å².